The van der Waals surface area contributed by atoms with Gasteiger partial charge in [-0.15, -0.1) is 0 Å². The van der Waals surface area contributed by atoms with Crippen molar-refractivity contribution in [2.45, 2.75) is 17.4 Å². The molecule has 0 fully saturated rings. The Bertz CT molecular complexity index is 515. The van der Waals surface area contributed by atoms with Crippen molar-refractivity contribution in [3.05, 3.63) is 29.8 Å². The molecule has 1 rings (SSSR count). The molecule has 1 aromatic rings. The predicted molar refractivity (Wildman–Crippen MR) is 64.0 cm³/mol. The van der Waals surface area contributed by atoms with Crippen LogP contribution in [-0.4, -0.2) is 37.9 Å². The normalized spacial score (nSPS) is 11.4. The first-order chi connectivity index (χ1) is 8.53. The van der Waals surface area contributed by atoms with Crippen molar-refractivity contribution in [2.75, 3.05) is 13.2 Å². The average Bonchev–Trinajstić information content (AvgIpc) is 2.37. The molecule has 0 aliphatic carbocycles. The fourth-order valence-corrected chi connectivity index (χ4v) is 2.52. The molecular weight excluding hydrogens is 256 g/mol. The van der Waals surface area contributed by atoms with E-state index >= 15 is 0 Å². The van der Waals surface area contributed by atoms with E-state index in [0.717, 1.165) is 5.56 Å². The van der Waals surface area contributed by atoms with Gasteiger partial charge in [0.2, 0.25) is 10.0 Å². The number of nitrogens with zero attached hydrogens (tertiary/aromatic N) is 1. The van der Waals surface area contributed by atoms with E-state index in [4.69, 9.17) is 15.5 Å². The number of benzene rings is 1. The molecule has 0 aliphatic rings. The number of aliphatic hydroxyl groups excluding tert-OH is 2. The Hall–Kier alpha value is -1.46. The second-order valence-electron chi connectivity index (χ2n) is 3.66. The molecule has 0 radical (unpaired) electrons. The standard InChI is InChI=1S/C11H14N2O4S/c12-6-5-9-1-3-11(4-2-9)18(16,17)13-10(7-14)8-15/h1-4,10,13-15H,5,7-8H2. The Morgan fingerprint density at radius 2 is 1.78 bits per heavy atom. The summed E-state index contributed by atoms with van der Waals surface area (Å²) in [5.74, 6) is 0. The van der Waals surface area contributed by atoms with E-state index in [1.165, 1.54) is 12.1 Å². The van der Waals surface area contributed by atoms with Gasteiger partial charge in [-0.2, -0.15) is 5.26 Å². The van der Waals surface area contributed by atoms with Gasteiger partial charge in [-0.3, -0.25) is 0 Å². The topological polar surface area (TPSA) is 110 Å². The molecule has 3 N–H and O–H groups in total. The van der Waals surface area contributed by atoms with Crippen LogP contribution in [0.4, 0.5) is 0 Å². The van der Waals surface area contributed by atoms with Crippen LogP contribution in [-0.2, 0) is 16.4 Å². The van der Waals surface area contributed by atoms with E-state index in [2.05, 4.69) is 4.72 Å². The lowest BCUT2D eigenvalue weighted by molar-refractivity contribution is 0.185. The minimum atomic E-state index is -3.77. The SMILES string of the molecule is N#CCc1ccc(S(=O)(=O)NC(CO)CO)cc1. The first kappa shape index (κ1) is 14.6. The lowest BCUT2D eigenvalue weighted by Crippen LogP contribution is -2.39. The molecule has 1 aromatic carbocycles. The van der Waals surface area contributed by atoms with Gasteiger partial charge < -0.3 is 10.2 Å². The highest BCUT2D eigenvalue weighted by Crippen LogP contribution is 2.11. The first-order valence-electron chi connectivity index (χ1n) is 5.23. The Morgan fingerprint density at radius 3 is 2.22 bits per heavy atom. The van der Waals surface area contributed by atoms with Crippen LogP contribution in [0, 0.1) is 11.3 Å². The van der Waals surface area contributed by atoms with Crippen molar-refractivity contribution < 1.29 is 18.6 Å². The smallest absolute Gasteiger partial charge is 0.240 e. The third-order valence-electron chi connectivity index (χ3n) is 2.28. The maximum absolute atomic E-state index is 11.8. The molecular formula is C11H14N2O4S. The Labute approximate surface area is 106 Å². The second kappa shape index (κ2) is 6.47. The quantitative estimate of drug-likeness (QED) is 0.638. The van der Waals surface area contributed by atoms with E-state index in [1.807, 2.05) is 6.07 Å². The van der Waals surface area contributed by atoms with Crippen molar-refractivity contribution in [1.29, 1.82) is 5.26 Å². The molecule has 98 valence electrons. The van der Waals surface area contributed by atoms with E-state index in [0.29, 0.717) is 0 Å². The van der Waals surface area contributed by atoms with Crippen molar-refractivity contribution in [1.82, 2.24) is 4.72 Å². The molecule has 0 aliphatic heterocycles. The number of sulfonamides is 1. The minimum Gasteiger partial charge on any atom is -0.395 e. The second-order valence-corrected chi connectivity index (χ2v) is 5.38. The maximum atomic E-state index is 11.8. The molecule has 0 unspecified atom stereocenters. The summed E-state index contributed by atoms with van der Waals surface area (Å²) in [6.07, 6.45) is 0.212. The van der Waals surface area contributed by atoms with Gasteiger partial charge in [0, 0.05) is 0 Å². The third kappa shape index (κ3) is 3.78. The zero-order valence-electron chi connectivity index (χ0n) is 9.57. The van der Waals surface area contributed by atoms with Gasteiger partial charge in [0.05, 0.1) is 36.6 Å². The van der Waals surface area contributed by atoms with Crippen molar-refractivity contribution in [2.24, 2.45) is 0 Å². The average molecular weight is 270 g/mol. The van der Waals surface area contributed by atoms with Crippen LogP contribution in [0.15, 0.2) is 29.2 Å². The van der Waals surface area contributed by atoms with Crippen LogP contribution in [0.25, 0.3) is 0 Å². The van der Waals surface area contributed by atoms with Gasteiger partial charge in [-0.1, -0.05) is 12.1 Å². The van der Waals surface area contributed by atoms with Gasteiger partial charge in [-0.25, -0.2) is 13.1 Å². The third-order valence-corrected chi connectivity index (χ3v) is 3.82. The van der Waals surface area contributed by atoms with Crippen LogP contribution in [0.1, 0.15) is 5.56 Å². The summed E-state index contributed by atoms with van der Waals surface area (Å²) in [4.78, 5) is 0.0242. The van der Waals surface area contributed by atoms with E-state index in [9.17, 15) is 8.42 Å². The molecule has 0 spiro atoms. The highest BCUT2D eigenvalue weighted by atomic mass is 32.2. The monoisotopic (exact) mass is 270 g/mol. The van der Waals surface area contributed by atoms with Crippen molar-refractivity contribution in [3.63, 3.8) is 0 Å². The van der Waals surface area contributed by atoms with Crippen LogP contribution in [0.5, 0.6) is 0 Å². The summed E-state index contributed by atoms with van der Waals surface area (Å²) >= 11 is 0. The van der Waals surface area contributed by atoms with E-state index < -0.39 is 29.3 Å². The molecule has 18 heavy (non-hydrogen) atoms. The summed E-state index contributed by atoms with van der Waals surface area (Å²) in [6.45, 7) is -0.968. The lowest BCUT2D eigenvalue weighted by Gasteiger charge is -2.13. The maximum Gasteiger partial charge on any atom is 0.240 e. The minimum absolute atomic E-state index is 0.0242. The first-order valence-corrected chi connectivity index (χ1v) is 6.71. The molecule has 0 bridgehead atoms. The molecule has 7 heteroatoms. The van der Waals surface area contributed by atoms with Gasteiger partial charge in [-0.05, 0) is 17.7 Å². The predicted octanol–water partition coefficient (Wildman–Crippen LogP) is -0.616. The highest BCUT2D eigenvalue weighted by Gasteiger charge is 2.18. The molecule has 0 saturated heterocycles. The highest BCUT2D eigenvalue weighted by molar-refractivity contribution is 7.89. The number of rotatable bonds is 6. The zero-order valence-corrected chi connectivity index (χ0v) is 10.4. The van der Waals surface area contributed by atoms with E-state index in [-0.39, 0.29) is 11.3 Å². The summed E-state index contributed by atoms with van der Waals surface area (Å²) < 4.78 is 25.8. The number of hydrogen-bond acceptors (Lipinski definition) is 5. The Kier molecular flexibility index (Phi) is 5.25. The molecule has 0 heterocycles. The summed E-state index contributed by atoms with van der Waals surface area (Å²) in [6, 6.07) is 6.88. The van der Waals surface area contributed by atoms with Crippen LogP contribution in [0.3, 0.4) is 0 Å². The van der Waals surface area contributed by atoms with Crippen molar-refractivity contribution in [3.8, 4) is 6.07 Å². The Morgan fingerprint density at radius 1 is 1.22 bits per heavy atom. The summed E-state index contributed by atoms with van der Waals surface area (Å²) in [5.41, 5.74) is 0.720. The van der Waals surface area contributed by atoms with Gasteiger partial charge in [0.1, 0.15) is 0 Å². The zero-order chi connectivity index (χ0) is 13.6. The summed E-state index contributed by atoms with van der Waals surface area (Å²) in [5, 5.41) is 26.2. The van der Waals surface area contributed by atoms with Crippen LogP contribution < -0.4 is 4.72 Å². The van der Waals surface area contributed by atoms with Gasteiger partial charge in [0.15, 0.2) is 0 Å². The summed E-state index contributed by atoms with van der Waals surface area (Å²) in [7, 11) is -3.77. The number of nitrogens with one attached hydrogen (secondary N) is 1. The number of hydrogen-bond donors (Lipinski definition) is 3. The van der Waals surface area contributed by atoms with Gasteiger partial charge in [0.25, 0.3) is 0 Å². The van der Waals surface area contributed by atoms with Gasteiger partial charge >= 0.3 is 0 Å². The van der Waals surface area contributed by atoms with Crippen molar-refractivity contribution >= 4 is 10.0 Å². The number of aliphatic hydroxyl groups is 2. The molecule has 0 atom stereocenters. The molecule has 0 saturated carbocycles. The largest absolute Gasteiger partial charge is 0.395 e. The van der Waals surface area contributed by atoms with Crippen LogP contribution >= 0.6 is 0 Å². The van der Waals surface area contributed by atoms with E-state index in [1.54, 1.807) is 12.1 Å². The molecule has 0 amide bonds. The fraction of sp³-hybridized carbons (Fsp3) is 0.364. The lowest BCUT2D eigenvalue weighted by atomic mass is 10.2. The molecule has 6 nitrogen and oxygen atoms in total. The molecule has 0 aromatic heterocycles. The van der Waals surface area contributed by atoms with Crippen LogP contribution in [0.2, 0.25) is 0 Å². The fourth-order valence-electron chi connectivity index (χ4n) is 1.30. The Balaban J connectivity index is 2.88. The number of nitriles is 1.